The van der Waals surface area contributed by atoms with Crippen molar-refractivity contribution >= 4 is 34.1 Å². The highest BCUT2D eigenvalue weighted by Gasteiger charge is 2.34. The van der Waals surface area contributed by atoms with Gasteiger partial charge in [-0.3, -0.25) is 0 Å². The van der Waals surface area contributed by atoms with Crippen molar-refractivity contribution in [2.45, 2.75) is 50.8 Å². The van der Waals surface area contributed by atoms with Gasteiger partial charge in [0.1, 0.15) is 5.00 Å². The maximum atomic E-state index is 5.89. The van der Waals surface area contributed by atoms with Crippen LogP contribution in [0.1, 0.15) is 46.0 Å². The van der Waals surface area contributed by atoms with E-state index in [1.54, 1.807) is 11.8 Å². The Labute approximate surface area is 124 Å². The largest absolute Gasteiger partial charge is 0.382 e. The van der Waals surface area contributed by atoms with Crippen molar-refractivity contribution in [2.75, 3.05) is 23.9 Å². The number of anilines is 2. The van der Waals surface area contributed by atoms with E-state index in [0.29, 0.717) is 11.2 Å². The topological polar surface area (TPSA) is 50.9 Å². The molecule has 0 atom stereocenters. The Morgan fingerprint density at radius 2 is 2.11 bits per heavy atom. The molecular formula is C14H25N3S2. The molecule has 0 unspecified atom stereocenters. The fourth-order valence-electron chi connectivity index (χ4n) is 3.32. The van der Waals surface area contributed by atoms with Crippen molar-refractivity contribution in [2.24, 2.45) is 11.3 Å². The number of rotatable bonds is 6. The second-order valence-electron chi connectivity index (χ2n) is 6.09. The Hall–Kier alpha value is -0.420. The first kappa shape index (κ1) is 15.0. The lowest BCUT2D eigenvalue weighted by Crippen LogP contribution is -2.28. The van der Waals surface area contributed by atoms with E-state index < -0.39 is 0 Å². The van der Waals surface area contributed by atoms with Gasteiger partial charge in [0.2, 0.25) is 0 Å². The van der Waals surface area contributed by atoms with Gasteiger partial charge in [-0.25, -0.2) is 0 Å². The Morgan fingerprint density at radius 1 is 1.42 bits per heavy atom. The Bertz CT molecular complexity index is 409. The van der Waals surface area contributed by atoms with Crippen LogP contribution in [-0.4, -0.2) is 17.2 Å². The molecule has 0 aromatic carbocycles. The average molecular weight is 300 g/mol. The van der Waals surface area contributed by atoms with E-state index in [-0.39, 0.29) is 0 Å². The molecule has 1 aliphatic carbocycles. The number of nitrogens with zero attached hydrogens (tertiary/aromatic N) is 1. The predicted molar refractivity (Wildman–Crippen MR) is 87.2 cm³/mol. The van der Waals surface area contributed by atoms with Gasteiger partial charge < -0.3 is 11.1 Å². The van der Waals surface area contributed by atoms with Crippen molar-refractivity contribution in [1.29, 1.82) is 0 Å². The molecular weight excluding hydrogens is 274 g/mol. The fourth-order valence-corrected chi connectivity index (χ4v) is 4.85. The molecule has 0 spiro atoms. The van der Waals surface area contributed by atoms with Crippen molar-refractivity contribution in [1.82, 2.24) is 4.37 Å². The summed E-state index contributed by atoms with van der Waals surface area (Å²) in [6, 6.07) is 0. The summed E-state index contributed by atoms with van der Waals surface area (Å²) >= 11 is 3.18. The van der Waals surface area contributed by atoms with Gasteiger partial charge in [-0.05, 0) is 48.4 Å². The molecule has 3 N–H and O–H groups in total. The smallest absolute Gasteiger partial charge is 0.153 e. The monoisotopic (exact) mass is 299 g/mol. The number of hydrogen-bond acceptors (Lipinski definition) is 5. The van der Waals surface area contributed by atoms with Gasteiger partial charge in [-0.1, -0.05) is 26.7 Å². The van der Waals surface area contributed by atoms with Crippen LogP contribution in [0.5, 0.6) is 0 Å². The molecule has 0 aliphatic heterocycles. The SMILES string of the molecule is CSc1c(N)nsc1NCC1(CC(C)C)CCCC1. The second-order valence-corrected chi connectivity index (χ2v) is 7.68. The highest BCUT2D eigenvalue weighted by Crippen LogP contribution is 2.44. The molecule has 1 aromatic heterocycles. The summed E-state index contributed by atoms with van der Waals surface area (Å²) in [6.45, 7) is 5.73. The van der Waals surface area contributed by atoms with Crippen LogP contribution in [0, 0.1) is 11.3 Å². The molecule has 0 radical (unpaired) electrons. The molecule has 1 aliphatic rings. The van der Waals surface area contributed by atoms with Gasteiger partial charge >= 0.3 is 0 Å². The Balaban J connectivity index is 2.02. The van der Waals surface area contributed by atoms with Crippen LogP contribution in [0.2, 0.25) is 0 Å². The molecule has 1 aromatic rings. The quantitative estimate of drug-likeness (QED) is 0.761. The van der Waals surface area contributed by atoms with Crippen LogP contribution in [0.4, 0.5) is 10.8 Å². The molecule has 108 valence electrons. The minimum atomic E-state index is 0.489. The van der Waals surface area contributed by atoms with Crippen LogP contribution in [0.15, 0.2) is 4.90 Å². The van der Waals surface area contributed by atoms with Gasteiger partial charge in [0.15, 0.2) is 5.82 Å². The lowest BCUT2D eigenvalue weighted by molar-refractivity contribution is 0.252. The van der Waals surface area contributed by atoms with Crippen LogP contribution in [0.25, 0.3) is 0 Å². The summed E-state index contributed by atoms with van der Waals surface area (Å²) in [5.74, 6) is 1.44. The maximum absolute atomic E-state index is 5.89. The summed E-state index contributed by atoms with van der Waals surface area (Å²) in [5.41, 5.74) is 6.38. The summed E-state index contributed by atoms with van der Waals surface area (Å²) in [6.07, 6.45) is 8.87. The first-order valence-electron chi connectivity index (χ1n) is 7.09. The number of aromatic nitrogens is 1. The Kier molecular flexibility index (Phi) is 5.01. The third-order valence-corrected chi connectivity index (χ3v) is 5.78. The van der Waals surface area contributed by atoms with E-state index in [1.807, 2.05) is 0 Å². The maximum Gasteiger partial charge on any atom is 0.153 e. The standard InChI is InChI=1S/C14H25N3S2/c1-10(2)8-14(6-4-5-7-14)9-16-13-11(18-3)12(15)17-19-13/h10,16H,4-9H2,1-3H3,(H2,15,17). The van der Waals surface area contributed by atoms with Crippen LogP contribution >= 0.6 is 23.3 Å². The van der Waals surface area contributed by atoms with Gasteiger partial charge in [0.05, 0.1) is 4.90 Å². The first-order valence-corrected chi connectivity index (χ1v) is 9.09. The molecule has 3 nitrogen and oxygen atoms in total. The molecule has 1 fully saturated rings. The van der Waals surface area contributed by atoms with E-state index in [2.05, 4.69) is 29.8 Å². The lowest BCUT2D eigenvalue weighted by Gasteiger charge is -2.31. The van der Waals surface area contributed by atoms with E-state index in [9.17, 15) is 0 Å². The fraction of sp³-hybridized carbons (Fsp3) is 0.786. The van der Waals surface area contributed by atoms with E-state index in [4.69, 9.17) is 5.73 Å². The van der Waals surface area contributed by atoms with E-state index >= 15 is 0 Å². The van der Waals surface area contributed by atoms with Crippen LogP contribution in [0.3, 0.4) is 0 Å². The second kappa shape index (κ2) is 6.35. The minimum absolute atomic E-state index is 0.489. The third kappa shape index (κ3) is 3.57. The molecule has 2 rings (SSSR count). The van der Waals surface area contributed by atoms with Gasteiger partial charge in [0.25, 0.3) is 0 Å². The van der Waals surface area contributed by atoms with E-state index in [1.165, 1.54) is 43.6 Å². The number of thioether (sulfide) groups is 1. The first-order chi connectivity index (χ1) is 9.06. The molecule has 0 saturated heterocycles. The summed E-state index contributed by atoms with van der Waals surface area (Å²) in [4.78, 5) is 1.11. The summed E-state index contributed by atoms with van der Waals surface area (Å²) in [5, 5.41) is 4.78. The predicted octanol–water partition coefficient (Wildman–Crippen LogP) is 4.47. The summed E-state index contributed by atoms with van der Waals surface area (Å²) in [7, 11) is 0. The summed E-state index contributed by atoms with van der Waals surface area (Å²) < 4.78 is 4.25. The lowest BCUT2D eigenvalue weighted by atomic mass is 9.78. The minimum Gasteiger partial charge on any atom is -0.382 e. The van der Waals surface area contributed by atoms with Gasteiger partial charge in [0, 0.05) is 6.54 Å². The average Bonchev–Trinajstić information content (AvgIpc) is 2.93. The molecule has 0 amide bonds. The zero-order valence-electron chi connectivity index (χ0n) is 12.2. The number of nitrogens with one attached hydrogen (secondary N) is 1. The van der Waals surface area contributed by atoms with Crippen molar-refractivity contribution in [3.05, 3.63) is 0 Å². The molecule has 0 bridgehead atoms. The zero-order valence-corrected chi connectivity index (χ0v) is 13.8. The third-order valence-electron chi connectivity index (χ3n) is 4.01. The van der Waals surface area contributed by atoms with Crippen LogP contribution < -0.4 is 11.1 Å². The Morgan fingerprint density at radius 3 is 2.68 bits per heavy atom. The van der Waals surface area contributed by atoms with Crippen molar-refractivity contribution in [3.8, 4) is 0 Å². The van der Waals surface area contributed by atoms with Crippen molar-refractivity contribution < 1.29 is 0 Å². The number of nitrogens with two attached hydrogens (primary N) is 1. The highest BCUT2D eigenvalue weighted by atomic mass is 32.2. The van der Waals surface area contributed by atoms with Crippen LogP contribution in [-0.2, 0) is 0 Å². The van der Waals surface area contributed by atoms with E-state index in [0.717, 1.165) is 22.4 Å². The normalized spacial score (nSPS) is 18.1. The number of nitrogen functional groups attached to an aromatic ring is 1. The highest BCUT2D eigenvalue weighted by molar-refractivity contribution is 7.99. The molecule has 1 heterocycles. The molecule has 1 saturated carbocycles. The van der Waals surface area contributed by atoms with Crippen molar-refractivity contribution in [3.63, 3.8) is 0 Å². The molecule has 5 heteroatoms. The zero-order chi connectivity index (χ0) is 13.9. The number of hydrogen-bond donors (Lipinski definition) is 2. The van der Waals surface area contributed by atoms with Gasteiger partial charge in [-0.15, -0.1) is 11.8 Å². The molecule has 19 heavy (non-hydrogen) atoms. The van der Waals surface area contributed by atoms with Gasteiger partial charge in [-0.2, -0.15) is 4.37 Å².